The number of hydrogen-bond donors (Lipinski definition) is 1. The van der Waals surface area contributed by atoms with Crippen LogP contribution in [0.4, 0.5) is 4.79 Å². The number of ether oxygens (including phenoxy) is 1. The van der Waals surface area contributed by atoms with Gasteiger partial charge in [-0.15, -0.1) is 0 Å². The lowest BCUT2D eigenvalue weighted by Crippen LogP contribution is -2.56. The average Bonchev–Trinajstić information content (AvgIpc) is 2.64. The fourth-order valence-electron chi connectivity index (χ4n) is 4.43. The predicted molar refractivity (Wildman–Crippen MR) is 110 cm³/mol. The van der Waals surface area contributed by atoms with Gasteiger partial charge in [-0.05, 0) is 42.4 Å². The third-order valence-corrected chi connectivity index (χ3v) is 5.78. The molecule has 1 N–H and O–H groups in total. The maximum atomic E-state index is 12.8. The molecule has 1 fully saturated rings. The van der Waals surface area contributed by atoms with E-state index in [4.69, 9.17) is 4.74 Å². The summed E-state index contributed by atoms with van der Waals surface area (Å²) in [5.41, 5.74) is 1.17. The number of rotatable bonds is 4. The summed E-state index contributed by atoms with van der Waals surface area (Å²) < 4.78 is 5.46. The van der Waals surface area contributed by atoms with Crippen LogP contribution in [0, 0.1) is 5.41 Å². The van der Waals surface area contributed by atoms with Gasteiger partial charge < -0.3 is 19.9 Å². The van der Waals surface area contributed by atoms with Crippen molar-refractivity contribution in [3.63, 3.8) is 0 Å². The number of fused-ring (bicyclic) bond motifs is 1. The largest absolute Gasteiger partial charge is 0.496 e. The molecular formula is C22H31N3O2. The molecule has 0 spiro atoms. The van der Waals surface area contributed by atoms with Crippen LogP contribution in [0.25, 0.3) is 10.8 Å². The highest BCUT2D eigenvalue weighted by Crippen LogP contribution is 2.32. The van der Waals surface area contributed by atoms with Gasteiger partial charge in [0.2, 0.25) is 0 Å². The Bertz CT molecular complexity index is 818. The molecule has 0 radical (unpaired) electrons. The van der Waals surface area contributed by atoms with E-state index < -0.39 is 0 Å². The number of methoxy groups -OCH3 is 1. The Hall–Kier alpha value is -2.27. The molecule has 0 aromatic heterocycles. The van der Waals surface area contributed by atoms with E-state index in [-0.39, 0.29) is 17.5 Å². The summed E-state index contributed by atoms with van der Waals surface area (Å²) in [6.07, 6.45) is 0.999. The fraction of sp³-hybridized carbons (Fsp3) is 0.500. The molecule has 1 saturated heterocycles. The number of carbonyl (C=O) groups excluding carboxylic acids is 1. The molecule has 3 rings (SSSR count). The first-order chi connectivity index (χ1) is 12.8. The number of hydrogen-bond acceptors (Lipinski definition) is 3. The number of likely N-dealkylation sites (tertiary alicyclic amines) is 1. The summed E-state index contributed by atoms with van der Waals surface area (Å²) in [6, 6.07) is 12.4. The van der Waals surface area contributed by atoms with Crippen molar-refractivity contribution in [2.75, 3.05) is 34.3 Å². The van der Waals surface area contributed by atoms with Crippen molar-refractivity contribution in [3.8, 4) is 5.75 Å². The summed E-state index contributed by atoms with van der Waals surface area (Å²) in [4.78, 5) is 17.0. The molecule has 1 heterocycles. The van der Waals surface area contributed by atoms with Crippen molar-refractivity contribution in [3.05, 3.63) is 42.0 Å². The normalized spacial score (nSPS) is 19.7. The van der Waals surface area contributed by atoms with Crippen LogP contribution in [-0.2, 0) is 6.54 Å². The molecule has 0 bridgehead atoms. The molecule has 0 aliphatic carbocycles. The lowest BCUT2D eigenvalue weighted by atomic mass is 9.78. The van der Waals surface area contributed by atoms with Crippen LogP contribution >= 0.6 is 0 Å². The van der Waals surface area contributed by atoms with Gasteiger partial charge in [-0.2, -0.15) is 0 Å². The number of carbonyl (C=O) groups is 1. The van der Waals surface area contributed by atoms with Crippen LogP contribution in [-0.4, -0.2) is 56.2 Å². The quantitative estimate of drug-likeness (QED) is 0.893. The molecule has 1 aliphatic heterocycles. The highest BCUT2D eigenvalue weighted by atomic mass is 16.5. The van der Waals surface area contributed by atoms with Gasteiger partial charge in [-0.3, -0.25) is 0 Å². The van der Waals surface area contributed by atoms with Crippen molar-refractivity contribution >= 4 is 16.8 Å². The van der Waals surface area contributed by atoms with E-state index in [9.17, 15) is 4.79 Å². The number of amides is 2. The summed E-state index contributed by atoms with van der Waals surface area (Å²) in [5, 5.41) is 5.28. The third kappa shape index (κ3) is 4.03. The molecule has 2 amide bonds. The van der Waals surface area contributed by atoms with E-state index in [1.165, 1.54) is 0 Å². The Kier molecular flexibility index (Phi) is 5.61. The zero-order valence-corrected chi connectivity index (χ0v) is 17.1. The zero-order chi connectivity index (χ0) is 19.6. The maximum absolute atomic E-state index is 12.8. The maximum Gasteiger partial charge on any atom is 0.317 e. The van der Waals surface area contributed by atoms with E-state index in [0.717, 1.165) is 41.6 Å². The summed E-state index contributed by atoms with van der Waals surface area (Å²) in [7, 11) is 5.74. The minimum atomic E-state index is -0.0162. The second-order valence-electron chi connectivity index (χ2n) is 8.27. The first-order valence-corrected chi connectivity index (χ1v) is 9.57. The van der Waals surface area contributed by atoms with Gasteiger partial charge in [0, 0.05) is 31.6 Å². The van der Waals surface area contributed by atoms with E-state index in [0.29, 0.717) is 6.54 Å². The lowest BCUT2D eigenvalue weighted by Gasteiger charge is -2.46. The molecular weight excluding hydrogens is 338 g/mol. The number of nitrogens with one attached hydrogen (secondary N) is 1. The molecule has 2 aromatic rings. The Morgan fingerprint density at radius 2 is 1.96 bits per heavy atom. The average molecular weight is 370 g/mol. The highest BCUT2D eigenvalue weighted by Gasteiger charge is 2.38. The minimum Gasteiger partial charge on any atom is -0.496 e. The number of piperidine rings is 1. The zero-order valence-electron chi connectivity index (χ0n) is 17.1. The third-order valence-electron chi connectivity index (χ3n) is 5.78. The molecule has 5 heteroatoms. The van der Waals surface area contributed by atoms with Gasteiger partial charge in [0.05, 0.1) is 7.11 Å². The topological polar surface area (TPSA) is 44.8 Å². The highest BCUT2D eigenvalue weighted by molar-refractivity contribution is 5.91. The molecule has 27 heavy (non-hydrogen) atoms. The standard InChI is InChI=1S/C22H31N3O2/c1-22(2)15-24(3)13-12-20(22)25(4)21(26)23-14-16-10-11-19(27-5)18-9-7-6-8-17(16)18/h6-11,20H,12-15H2,1-5H3,(H,23,26). The van der Waals surface area contributed by atoms with Crippen LogP contribution in [0.1, 0.15) is 25.8 Å². The van der Waals surface area contributed by atoms with E-state index in [2.05, 4.69) is 37.2 Å². The van der Waals surface area contributed by atoms with E-state index in [1.54, 1.807) is 7.11 Å². The first kappa shape index (κ1) is 19.5. The fourth-order valence-corrected chi connectivity index (χ4v) is 4.43. The van der Waals surface area contributed by atoms with Gasteiger partial charge in [-0.25, -0.2) is 4.79 Å². The van der Waals surface area contributed by atoms with E-state index in [1.807, 2.05) is 42.3 Å². The van der Waals surface area contributed by atoms with Crippen LogP contribution in [0.2, 0.25) is 0 Å². The number of benzene rings is 2. The van der Waals surface area contributed by atoms with Crippen molar-refractivity contribution in [1.29, 1.82) is 0 Å². The van der Waals surface area contributed by atoms with Crippen LogP contribution in [0.15, 0.2) is 36.4 Å². The second kappa shape index (κ2) is 7.77. The summed E-state index contributed by atoms with van der Waals surface area (Å²) >= 11 is 0. The predicted octanol–water partition coefficient (Wildman–Crippen LogP) is 3.72. The van der Waals surface area contributed by atoms with Crippen molar-refractivity contribution in [2.45, 2.75) is 32.9 Å². The first-order valence-electron chi connectivity index (χ1n) is 9.57. The Morgan fingerprint density at radius 1 is 1.26 bits per heavy atom. The molecule has 0 saturated carbocycles. The van der Waals surface area contributed by atoms with Gasteiger partial charge >= 0.3 is 6.03 Å². The molecule has 1 atom stereocenters. The molecule has 1 aliphatic rings. The Morgan fingerprint density at radius 3 is 2.63 bits per heavy atom. The molecule has 2 aromatic carbocycles. The van der Waals surface area contributed by atoms with Gasteiger partial charge in [0.15, 0.2) is 0 Å². The van der Waals surface area contributed by atoms with Crippen LogP contribution < -0.4 is 10.1 Å². The number of urea groups is 1. The van der Waals surface area contributed by atoms with Gasteiger partial charge in [-0.1, -0.05) is 44.2 Å². The van der Waals surface area contributed by atoms with E-state index >= 15 is 0 Å². The van der Waals surface area contributed by atoms with Crippen molar-refractivity contribution in [1.82, 2.24) is 15.1 Å². The summed E-state index contributed by atoms with van der Waals surface area (Å²) in [6.45, 7) is 7.01. The SMILES string of the molecule is COc1ccc(CNC(=O)N(C)C2CCN(C)CC2(C)C)c2ccccc12. The van der Waals surface area contributed by atoms with Crippen LogP contribution in [0.5, 0.6) is 5.75 Å². The smallest absolute Gasteiger partial charge is 0.317 e. The minimum absolute atomic E-state index is 0.0162. The lowest BCUT2D eigenvalue weighted by molar-refractivity contribution is 0.0450. The molecule has 5 nitrogen and oxygen atoms in total. The summed E-state index contributed by atoms with van der Waals surface area (Å²) in [5.74, 6) is 0.853. The van der Waals surface area contributed by atoms with Crippen molar-refractivity contribution in [2.24, 2.45) is 5.41 Å². The Labute approximate surface area is 162 Å². The molecule has 146 valence electrons. The van der Waals surface area contributed by atoms with Crippen molar-refractivity contribution < 1.29 is 9.53 Å². The second-order valence-corrected chi connectivity index (χ2v) is 8.27. The monoisotopic (exact) mass is 369 g/mol. The van der Waals surface area contributed by atoms with Gasteiger partial charge in [0.25, 0.3) is 0 Å². The van der Waals surface area contributed by atoms with Gasteiger partial charge in [0.1, 0.15) is 5.75 Å². The molecule has 1 unspecified atom stereocenters. The van der Waals surface area contributed by atoms with Crippen LogP contribution in [0.3, 0.4) is 0 Å². The number of nitrogens with zero attached hydrogens (tertiary/aromatic N) is 2. The Balaban J connectivity index is 1.72.